The lowest BCUT2D eigenvalue weighted by Gasteiger charge is -2.11. The fourth-order valence-electron chi connectivity index (χ4n) is 2.15. The summed E-state index contributed by atoms with van der Waals surface area (Å²) in [4.78, 5) is 20.9. The summed E-state index contributed by atoms with van der Waals surface area (Å²) >= 11 is 0. The molecular weight excluding hydrogens is 294 g/mol. The summed E-state index contributed by atoms with van der Waals surface area (Å²) in [5.74, 6) is 0.795. The number of anilines is 1. The van der Waals surface area contributed by atoms with Gasteiger partial charge in [-0.15, -0.1) is 0 Å². The van der Waals surface area contributed by atoms with E-state index in [0.29, 0.717) is 22.7 Å². The maximum absolute atomic E-state index is 12.4. The van der Waals surface area contributed by atoms with Gasteiger partial charge in [-0.1, -0.05) is 12.1 Å². The predicted molar refractivity (Wildman–Crippen MR) is 87.0 cm³/mol. The minimum absolute atomic E-state index is 0.238. The highest BCUT2D eigenvalue weighted by molar-refractivity contribution is 6.04. The number of carbonyl (C=O) groups excluding carboxylic acids is 1. The molecule has 0 atom stereocenters. The molecule has 1 amide bonds. The number of carbonyl (C=O) groups is 1. The molecule has 3 rings (SSSR count). The number of hydrogen-bond donors (Lipinski definition) is 1. The van der Waals surface area contributed by atoms with Gasteiger partial charge in [0.2, 0.25) is 0 Å². The molecule has 1 heterocycles. The highest BCUT2D eigenvalue weighted by Gasteiger charge is 2.13. The third-order valence-electron chi connectivity index (χ3n) is 3.34. The van der Waals surface area contributed by atoms with Crippen LogP contribution in [0.3, 0.4) is 0 Å². The van der Waals surface area contributed by atoms with Gasteiger partial charge >= 0.3 is 0 Å². The molecule has 6 heteroatoms. The van der Waals surface area contributed by atoms with Crippen molar-refractivity contribution in [1.82, 2.24) is 9.97 Å². The van der Waals surface area contributed by atoms with Gasteiger partial charge in [-0.25, -0.2) is 4.98 Å². The highest BCUT2D eigenvalue weighted by Crippen LogP contribution is 2.29. The Balaban J connectivity index is 1.88. The number of ether oxygens (including phenoxy) is 2. The smallest absolute Gasteiger partial charge is 0.275 e. The van der Waals surface area contributed by atoms with E-state index >= 15 is 0 Å². The number of fused-ring (bicyclic) bond motifs is 1. The Kier molecular flexibility index (Phi) is 4.05. The number of rotatable bonds is 4. The van der Waals surface area contributed by atoms with Crippen molar-refractivity contribution in [3.63, 3.8) is 0 Å². The summed E-state index contributed by atoms with van der Waals surface area (Å²) in [5, 5.41) is 2.77. The monoisotopic (exact) mass is 309 g/mol. The van der Waals surface area contributed by atoms with Gasteiger partial charge in [0.1, 0.15) is 17.2 Å². The van der Waals surface area contributed by atoms with Crippen molar-refractivity contribution in [3.8, 4) is 11.5 Å². The van der Waals surface area contributed by atoms with Gasteiger partial charge in [0.05, 0.1) is 37.1 Å². The van der Waals surface area contributed by atoms with Gasteiger partial charge in [0.25, 0.3) is 5.91 Å². The van der Waals surface area contributed by atoms with E-state index in [9.17, 15) is 4.79 Å². The largest absolute Gasteiger partial charge is 0.497 e. The minimum atomic E-state index is -0.355. The number of amides is 1. The first-order chi connectivity index (χ1) is 11.2. The van der Waals surface area contributed by atoms with Crippen molar-refractivity contribution in [2.75, 3.05) is 19.5 Å². The van der Waals surface area contributed by atoms with Gasteiger partial charge in [0.15, 0.2) is 0 Å². The van der Waals surface area contributed by atoms with Crippen LogP contribution in [0.5, 0.6) is 11.5 Å². The molecule has 6 nitrogen and oxygen atoms in total. The van der Waals surface area contributed by atoms with Crippen LogP contribution in [0.25, 0.3) is 11.0 Å². The molecule has 0 bridgehead atoms. The van der Waals surface area contributed by atoms with E-state index < -0.39 is 0 Å². The summed E-state index contributed by atoms with van der Waals surface area (Å²) in [6.07, 6.45) is 1.45. The van der Waals surface area contributed by atoms with Crippen molar-refractivity contribution < 1.29 is 14.3 Å². The molecule has 0 fully saturated rings. The Morgan fingerprint density at radius 2 is 1.83 bits per heavy atom. The van der Waals surface area contributed by atoms with Crippen LogP contribution in [-0.4, -0.2) is 30.1 Å². The van der Waals surface area contributed by atoms with E-state index in [1.54, 1.807) is 25.3 Å². The molecular formula is C17H15N3O3. The summed E-state index contributed by atoms with van der Waals surface area (Å²) in [7, 11) is 3.10. The zero-order valence-corrected chi connectivity index (χ0v) is 12.7. The summed E-state index contributed by atoms with van der Waals surface area (Å²) in [6, 6.07) is 12.5. The molecule has 0 saturated carbocycles. The molecule has 1 N–H and O–H groups in total. The lowest BCUT2D eigenvalue weighted by atomic mass is 10.2. The van der Waals surface area contributed by atoms with Gasteiger partial charge in [-0.05, 0) is 24.3 Å². The molecule has 0 spiro atoms. The van der Waals surface area contributed by atoms with Crippen molar-refractivity contribution >= 4 is 22.6 Å². The minimum Gasteiger partial charge on any atom is -0.497 e. The Hall–Kier alpha value is -3.15. The van der Waals surface area contributed by atoms with Crippen molar-refractivity contribution in [1.29, 1.82) is 0 Å². The number of nitrogens with one attached hydrogen (secondary N) is 1. The van der Waals surface area contributed by atoms with Crippen LogP contribution >= 0.6 is 0 Å². The molecule has 0 aliphatic carbocycles. The lowest BCUT2D eigenvalue weighted by Crippen LogP contribution is -2.14. The van der Waals surface area contributed by atoms with E-state index in [-0.39, 0.29) is 11.6 Å². The third-order valence-corrected chi connectivity index (χ3v) is 3.34. The summed E-state index contributed by atoms with van der Waals surface area (Å²) in [5.41, 5.74) is 2.18. The van der Waals surface area contributed by atoms with Gasteiger partial charge < -0.3 is 14.8 Å². The summed E-state index contributed by atoms with van der Waals surface area (Å²) < 4.78 is 10.4. The SMILES string of the molecule is COc1ccc(NC(=O)c2cnc3ccccc3n2)c(OC)c1. The third kappa shape index (κ3) is 3.06. The highest BCUT2D eigenvalue weighted by atomic mass is 16.5. The molecule has 0 aliphatic heterocycles. The number of benzene rings is 2. The maximum Gasteiger partial charge on any atom is 0.275 e. The van der Waals surface area contributed by atoms with Crippen LogP contribution < -0.4 is 14.8 Å². The van der Waals surface area contributed by atoms with E-state index in [1.165, 1.54) is 13.3 Å². The second-order valence-electron chi connectivity index (χ2n) is 4.76. The first-order valence-corrected chi connectivity index (χ1v) is 6.96. The quantitative estimate of drug-likeness (QED) is 0.802. The van der Waals surface area contributed by atoms with Crippen LogP contribution in [-0.2, 0) is 0 Å². The van der Waals surface area contributed by atoms with Crippen molar-refractivity contribution in [2.45, 2.75) is 0 Å². The second kappa shape index (κ2) is 6.31. The number of methoxy groups -OCH3 is 2. The van der Waals surface area contributed by atoms with Crippen molar-refractivity contribution in [3.05, 3.63) is 54.4 Å². The van der Waals surface area contributed by atoms with Crippen molar-refractivity contribution in [2.24, 2.45) is 0 Å². The maximum atomic E-state index is 12.4. The van der Waals surface area contributed by atoms with E-state index in [1.807, 2.05) is 24.3 Å². The Labute approximate surface area is 133 Å². The first kappa shape index (κ1) is 14.8. The number of para-hydroxylation sites is 2. The Bertz CT molecular complexity index is 865. The number of aromatic nitrogens is 2. The van der Waals surface area contributed by atoms with Crippen LogP contribution in [0.2, 0.25) is 0 Å². The standard InChI is InChI=1S/C17H15N3O3/c1-22-11-7-8-14(16(9-11)23-2)20-17(21)15-10-18-12-5-3-4-6-13(12)19-15/h3-10H,1-2H3,(H,20,21). The fraction of sp³-hybridized carbons (Fsp3) is 0.118. The van der Waals surface area contributed by atoms with Crippen LogP contribution in [0.1, 0.15) is 10.5 Å². The molecule has 1 aromatic heterocycles. The fourth-order valence-corrected chi connectivity index (χ4v) is 2.15. The summed E-state index contributed by atoms with van der Waals surface area (Å²) in [6.45, 7) is 0. The average molecular weight is 309 g/mol. The van der Waals surface area contributed by atoms with Crippen LogP contribution in [0.15, 0.2) is 48.7 Å². The molecule has 0 unspecified atom stereocenters. The molecule has 3 aromatic rings. The van der Waals surface area contributed by atoms with Gasteiger partial charge in [0, 0.05) is 6.07 Å². The van der Waals surface area contributed by atoms with Crippen LogP contribution in [0.4, 0.5) is 5.69 Å². The van der Waals surface area contributed by atoms with E-state index in [0.717, 1.165) is 5.52 Å². The number of nitrogens with zero attached hydrogens (tertiary/aromatic N) is 2. The van der Waals surface area contributed by atoms with E-state index in [2.05, 4.69) is 15.3 Å². The Morgan fingerprint density at radius 3 is 2.57 bits per heavy atom. The zero-order chi connectivity index (χ0) is 16.2. The number of hydrogen-bond acceptors (Lipinski definition) is 5. The molecule has 23 heavy (non-hydrogen) atoms. The topological polar surface area (TPSA) is 73.3 Å². The van der Waals surface area contributed by atoms with Gasteiger partial charge in [-0.3, -0.25) is 9.78 Å². The predicted octanol–water partition coefficient (Wildman–Crippen LogP) is 2.90. The molecule has 0 aliphatic rings. The lowest BCUT2D eigenvalue weighted by molar-refractivity contribution is 0.102. The first-order valence-electron chi connectivity index (χ1n) is 6.96. The van der Waals surface area contributed by atoms with E-state index in [4.69, 9.17) is 9.47 Å². The average Bonchev–Trinajstić information content (AvgIpc) is 2.61. The molecule has 0 saturated heterocycles. The molecule has 116 valence electrons. The zero-order valence-electron chi connectivity index (χ0n) is 12.7. The van der Waals surface area contributed by atoms with Gasteiger partial charge in [-0.2, -0.15) is 0 Å². The van der Waals surface area contributed by atoms with Crippen LogP contribution in [0, 0.1) is 0 Å². The molecule has 0 radical (unpaired) electrons. The normalized spacial score (nSPS) is 10.3. The Morgan fingerprint density at radius 1 is 1.04 bits per heavy atom. The molecule has 2 aromatic carbocycles. The second-order valence-corrected chi connectivity index (χ2v) is 4.76.